The molecule has 0 saturated carbocycles. The van der Waals surface area contributed by atoms with Crippen LogP contribution in [0.15, 0.2) is 84.6 Å². The van der Waals surface area contributed by atoms with Crippen LogP contribution in [0.2, 0.25) is 0 Å². The molecule has 7 nitrogen and oxygen atoms in total. The highest BCUT2D eigenvalue weighted by Crippen LogP contribution is 2.32. The number of carbonyl (C=O) groups is 1. The van der Waals surface area contributed by atoms with E-state index in [-0.39, 0.29) is 30.7 Å². The van der Waals surface area contributed by atoms with E-state index in [0.29, 0.717) is 18.9 Å². The van der Waals surface area contributed by atoms with Crippen molar-refractivity contribution in [3.8, 4) is 12.3 Å². The summed E-state index contributed by atoms with van der Waals surface area (Å²) in [5, 5.41) is 12.2. The number of ether oxygens (including phenoxy) is 2. The smallest absolute Gasteiger partial charge is 0.286 e. The van der Waals surface area contributed by atoms with E-state index in [2.05, 4.69) is 21.2 Å². The molecule has 0 bridgehead atoms. The summed E-state index contributed by atoms with van der Waals surface area (Å²) in [4.78, 5) is 20.8. The number of imidazole rings is 1. The lowest BCUT2D eigenvalue weighted by molar-refractivity contribution is -0.150. The number of aliphatic hydroxyl groups excluding tert-OH is 1. The van der Waals surface area contributed by atoms with Crippen LogP contribution >= 0.6 is 0 Å². The fraction of sp³-hybridized carbons (Fsp3) is 0.200. The third-order valence-electron chi connectivity index (χ3n) is 6.28. The van der Waals surface area contributed by atoms with Crippen LogP contribution in [0.1, 0.15) is 40.4 Å². The topological polar surface area (TPSA) is 96.5 Å². The molecule has 4 aromatic rings. The van der Waals surface area contributed by atoms with Crippen LogP contribution in [0.3, 0.4) is 0 Å². The van der Waals surface area contributed by atoms with Crippen LogP contribution < -0.4 is 5.32 Å². The van der Waals surface area contributed by atoms with E-state index < -0.39 is 6.29 Å². The Morgan fingerprint density at radius 2 is 1.86 bits per heavy atom. The maximum atomic E-state index is 13.1. The van der Waals surface area contributed by atoms with E-state index in [1.165, 1.54) is 0 Å². The van der Waals surface area contributed by atoms with Gasteiger partial charge in [0.15, 0.2) is 5.76 Å². The Kier molecular flexibility index (Phi) is 7.31. The molecule has 0 aliphatic carbocycles. The number of nitrogens with one attached hydrogen (secondary N) is 2. The molecule has 7 heteroatoms. The van der Waals surface area contributed by atoms with Crippen molar-refractivity contribution in [1.29, 1.82) is 0 Å². The van der Waals surface area contributed by atoms with Gasteiger partial charge in [0.05, 0.1) is 30.8 Å². The van der Waals surface area contributed by atoms with Gasteiger partial charge in [-0.3, -0.25) is 4.79 Å². The lowest BCUT2D eigenvalue weighted by atomic mass is 9.92. The summed E-state index contributed by atoms with van der Waals surface area (Å²) >= 11 is 0. The summed E-state index contributed by atoms with van der Waals surface area (Å²) in [6.07, 6.45) is 7.26. The monoisotopic (exact) mass is 493 g/mol. The zero-order valence-electron chi connectivity index (χ0n) is 20.2. The second kappa shape index (κ2) is 11.1. The Labute approximate surface area is 215 Å². The van der Waals surface area contributed by atoms with Gasteiger partial charge in [0.1, 0.15) is 5.82 Å². The molecule has 2 atom stereocenters. The molecule has 0 unspecified atom stereocenters. The largest absolute Gasteiger partial charge is 0.459 e. The Morgan fingerprint density at radius 3 is 2.59 bits per heavy atom. The number of amides is 1. The van der Waals surface area contributed by atoms with Gasteiger partial charge in [-0.25, -0.2) is 4.98 Å². The fourth-order valence-electron chi connectivity index (χ4n) is 4.25. The van der Waals surface area contributed by atoms with Crippen LogP contribution in [0.4, 0.5) is 0 Å². The first-order chi connectivity index (χ1) is 18.1. The van der Waals surface area contributed by atoms with E-state index in [0.717, 1.165) is 33.3 Å². The van der Waals surface area contributed by atoms with Gasteiger partial charge >= 0.3 is 0 Å². The van der Waals surface area contributed by atoms with Crippen molar-refractivity contribution in [3.63, 3.8) is 0 Å². The first-order valence-corrected chi connectivity index (χ1v) is 12.1. The lowest BCUT2D eigenvalue weighted by Gasteiger charge is -2.29. The minimum Gasteiger partial charge on any atom is -0.459 e. The van der Waals surface area contributed by atoms with Gasteiger partial charge in [0.25, 0.3) is 5.91 Å². The summed E-state index contributed by atoms with van der Waals surface area (Å²) in [6.45, 7) is 0.538. The van der Waals surface area contributed by atoms with E-state index in [1.807, 2.05) is 78.9 Å². The normalized spacial score (nSPS) is 17.0. The number of hydrogen-bond donors (Lipinski definition) is 3. The van der Waals surface area contributed by atoms with Crippen LogP contribution in [0, 0.1) is 12.3 Å². The highest BCUT2D eigenvalue weighted by molar-refractivity contribution is 5.91. The quantitative estimate of drug-likeness (QED) is 0.319. The van der Waals surface area contributed by atoms with E-state index in [1.54, 1.807) is 0 Å². The van der Waals surface area contributed by atoms with E-state index in [4.69, 9.17) is 15.9 Å². The first-order valence-electron chi connectivity index (χ1n) is 12.1. The molecule has 37 heavy (non-hydrogen) atoms. The van der Waals surface area contributed by atoms with Crippen LogP contribution in [0.25, 0.3) is 11.0 Å². The van der Waals surface area contributed by atoms with E-state index in [9.17, 15) is 9.90 Å². The number of carbonyl (C=O) groups excluding carboxylic acids is 1. The van der Waals surface area contributed by atoms with Gasteiger partial charge in [-0.15, -0.1) is 6.42 Å². The van der Waals surface area contributed by atoms with Gasteiger partial charge in [-0.2, -0.15) is 0 Å². The number of aromatic nitrogens is 2. The zero-order chi connectivity index (χ0) is 25.6. The number of benzene rings is 3. The average Bonchev–Trinajstić information content (AvgIpc) is 3.38. The summed E-state index contributed by atoms with van der Waals surface area (Å²) in [5.74, 6) is 3.06. The average molecular weight is 494 g/mol. The number of H-pyrrole nitrogens is 1. The highest BCUT2D eigenvalue weighted by Gasteiger charge is 2.29. The highest BCUT2D eigenvalue weighted by atomic mass is 16.7. The van der Waals surface area contributed by atoms with Crippen molar-refractivity contribution in [2.75, 3.05) is 0 Å². The molecule has 186 valence electrons. The molecular weight excluding hydrogens is 466 g/mol. The number of hydrogen-bond acceptors (Lipinski definition) is 5. The molecule has 1 aliphatic heterocycles. The maximum Gasteiger partial charge on any atom is 0.286 e. The third kappa shape index (κ3) is 5.89. The van der Waals surface area contributed by atoms with E-state index >= 15 is 0 Å². The molecule has 0 fully saturated rings. The van der Waals surface area contributed by atoms with Gasteiger partial charge in [-0.05, 0) is 47.0 Å². The number of nitrogens with zero attached hydrogens (tertiary/aromatic N) is 1. The van der Waals surface area contributed by atoms with Crippen molar-refractivity contribution >= 4 is 16.9 Å². The van der Waals surface area contributed by atoms with Gasteiger partial charge in [0, 0.05) is 17.9 Å². The Balaban J connectivity index is 1.30. The minimum absolute atomic E-state index is 0.00961. The van der Waals surface area contributed by atoms with Crippen molar-refractivity contribution in [2.45, 2.75) is 38.4 Å². The van der Waals surface area contributed by atoms with Gasteiger partial charge in [0.2, 0.25) is 6.29 Å². The molecule has 3 aromatic carbocycles. The van der Waals surface area contributed by atoms with Crippen molar-refractivity contribution in [3.05, 3.63) is 113 Å². The number of para-hydroxylation sites is 2. The molecule has 5 rings (SSSR count). The summed E-state index contributed by atoms with van der Waals surface area (Å²) in [7, 11) is 0. The predicted octanol–water partition coefficient (Wildman–Crippen LogP) is 4.28. The van der Waals surface area contributed by atoms with Crippen LogP contribution in [0.5, 0.6) is 0 Å². The number of allylic oxidation sites excluding steroid dienone is 1. The number of fused-ring (bicyclic) bond motifs is 1. The Morgan fingerprint density at radius 1 is 1.11 bits per heavy atom. The zero-order valence-corrected chi connectivity index (χ0v) is 20.2. The first kappa shape index (κ1) is 24.3. The number of rotatable bonds is 8. The number of terminal acetylenes is 1. The van der Waals surface area contributed by atoms with Crippen molar-refractivity contribution in [2.24, 2.45) is 0 Å². The van der Waals surface area contributed by atoms with Crippen molar-refractivity contribution in [1.82, 2.24) is 15.3 Å². The summed E-state index contributed by atoms with van der Waals surface area (Å²) in [6, 6.07) is 22.9. The maximum absolute atomic E-state index is 13.1. The van der Waals surface area contributed by atoms with Gasteiger partial charge < -0.3 is 24.9 Å². The van der Waals surface area contributed by atoms with Gasteiger partial charge in [-0.1, -0.05) is 54.5 Å². The van der Waals surface area contributed by atoms with Crippen molar-refractivity contribution < 1.29 is 19.4 Å². The molecule has 0 spiro atoms. The Bertz CT molecular complexity index is 1420. The predicted molar refractivity (Wildman–Crippen MR) is 140 cm³/mol. The van der Waals surface area contributed by atoms with Crippen LogP contribution in [-0.4, -0.2) is 27.3 Å². The van der Waals surface area contributed by atoms with Crippen LogP contribution in [-0.2, 0) is 34.0 Å². The second-order valence-electron chi connectivity index (χ2n) is 8.86. The second-order valence-corrected chi connectivity index (χ2v) is 8.86. The molecule has 0 radical (unpaired) electrons. The Hall–Kier alpha value is -4.38. The molecule has 0 saturated heterocycles. The third-order valence-corrected chi connectivity index (χ3v) is 6.28. The molecule has 3 N–H and O–H groups in total. The lowest BCUT2D eigenvalue weighted by Crippen LogP contribution is -2.32. The summed E-state index contributed by atoms with van der Waals surface area (Å²) < 4.78 is 12.0. The SMILES string of the molecule is C#Cc1ccc([C@H]2C=C(C(=O)NCc3nc4ccccc4[nH]3)O[C@@H](OCc3ccc(CO)cc3)C2)cc1. The number of aromatic amines is 1. The minimum atomic E-state index is -0.619. The molecule has 1 amide bonds. The summed E-state index contributed by atoms with van der Waals surface area (Å²) in [5.41, 5.74) is 5.35. The molecule has 1 aliphatic rings. The number of aliphatic hydroxyl groups is 1. The molecular formula is C30H27N3O4. The molecule has 2 heterocycles. The fourth-order valence-corrected chi connectivity index (χ4v) is 4.25. The standard InChI is InChI=1S/C30H27N3O4/c1-2-20-11-13-23(14-12-20)24-15-27(30(35)31-17-28-32-25-5-3-4-6-26(25)33-28)37-29(16-24)36-19-22-9-7-21(18-34)8-10-22/h1,3-15,24,29,34H,16-19H2,(H,31,35)(H,32,33)/t24-,29+/m0/s1. The molecule has 1 aromatic heterocycles.